The summed E-state index contributed by atoms with van der Waals surface area (Å²) >= 11 is 0. The van der Waals surface area contributed by atoms with Crippen LogP contribution in [0.15, 0.2) is 40.7 Å². The second-order valence-electron chi connectivity index (χ2n) is 6.23. The Hall–Kier alpha value is -2.70. The molecule has 0 aromatic carbocycles. The van der Waals surface area contributed by atoms with Gasteiger partial charge in [-0.3, -0.25) is 15.0 Å². The van der Waals surface area contributed by atoms with Gasteiger partial charge < -0.3 is 16.0 Å². The molecule has 1 heterocycles. The number of carbonyl (C=O) groups is 2. The van der Waals surface area contributed by atoms with Crippen LogP contribution in [0.4, 0.5) is 0 Å². The van der Waals surface area contributed by atoms with Gasteiger partial charge in [0.25, 0.3) is 0 Å². The summed E-state index contributed by atoms with van der Waals surface area (Å²) in [5.41, 5.74) is 6.86. The van der Waals surface area contributed by atoms with Crippen LogP contribution in [0.3, 0.4) is 0 Å². The molecule has 7 nitrogen and oxygen atoms in total. The number of amidine groups is 1. The molecule has 0 aromatic heterocycles. The fraction of sp³-hybridized carbons (Fsp3) is 0.474. The smallest absolute Gasteiger partial charge is 0.246 e. The Balaban J connectivity index is 3.18. The van der Waals surface area contributed by atoms with Crippen molar-refractivity contribution in [2.75, 3.05) is 6.54 Å². The largest absolute Gasteiger partial charge is 0.395 e. The van der Waals surface area contributed by atoms with Gasteiger partial charge in [0.1, 0.15) is 0 Å². The molecular weight excluding hydrogens is 330 g/mol. The van der Waals surface area contributed by atoms with Crippen LogP contribution in [-0.2, 0) is 9.59 Å². The van der Waals surface area contributed by atoms with E-state index in [1.165, 1.54) is 19.2 Å². The molecule has 0 radical (unpaired) electrons. The lowest BCUT2D eigenvalue weighted by Crippen LogP contribution is -2.36. The van der Waals surface area contributed by atoms with E-state index in [4.69, 9.17) is 11.1 Å². The molecular formula is C19H29N5O2. The summed E-state index contributed by atoms with van der Waals surface area (Å²) in [4.78, 5) is 29.5. The molecule has 1 rings (SSSR count). The fourth-order valence-electron chi connectivity index (χ4n) is 2.99. The predicted octanol–water partition coefficient (Wildman–Crippen LogP) is 1.92. The molecule has 7 heteroatoms. The first-order chi connectivity index (χ1) is 12.3. The highest BCUT2D eigenvalue weighted by Gasteiger charge is 2.32. The van der Waals surface area contributed by atoms with Gasteiger partial charge in [0.05, 0.1) is 11.3 Å². The van der Waals surface area contributed by atoms with E-state index in [2.05, 4.69) is 16.9 Å². The van der Waals surface area contributed by atoms with Gasteiger partial charge in [-0.25, -0.2) is 4.99 Å². The molecule has 0 aliphatic carbocycles. The molecule has 0 saturated carbocycles. The van der Waals surface area contributed by atoms with Gasteiger partial charge in [-0.1, -0.05) is 19.6 Å². The van der Waals surface area contributed by atoms with Gasteiger partial charge in [-0.05, 0) is 32.8 Å². The maximum atomic E-state index is 11.9. The third kappa shape index (κ3) is 5.15. The average molecular weight is 359 g/mol. The Labute approximate surface area is 155 Å². The number of nitrogens with zero attached hydrogens (tertiary/aromatic N) is 2. The maximum Gasteiger partial charge on any atom is 0.246 e. The van der Waals surface area contributed by atoms with E-state index in [1.807, 2.05) is 19.9 Å². The van der Waals surface area contributed by atoms with Gasteiger partial charge >= 0.3 is 0 Å². The van der Waals surface area contributed by atoms with Crippen molar-refractivity contribution in [3.8, 4) is 0 Å². The van der Waals surface area contributed by atoms with E-state index in [9.17, 15) is 9.59 Å². The normalized spacial score (nSPS) is 21.5. The van der Waals surface area contributed by atoms with Crippen molar-refractivity contribution in [3.63, 3.8) is 0 Å². The number of hydrogen-bond acceptors (Lipinski definition) is 5. The number of allylic oxidation sites excluding steroid dienone is 2. The molecule has 0 spiro atoms. The van der Waals surface area contributed by atoms with Gasteiger partial charge in [-0.15, -0.1) is 0 Å². The lowest BCUT2D eigenvalue weighted by Gasteiger charge is -2.21. The van der Waals surface area contributed by atoms with E-state index < -0.39 is 0 Å². The van der Waals surface area contributed by atoms with Gasteiger partial charge in [-0.2, -0.15) is 0 Å². The van der Waals surface area contributed by atoms with Gasteiger partial charge in [0.2, 0.25) is 5.91 Å². The number of hydrogen-bond donors (Lipinski definition) is 3. The van der Waals surface area contributed by atoms with Crippen LogP contribution in [-0.4, -0.2) is 47.3 Å². The van der Waals surface area contributed by atoms with Crippen molar-refractivity contribution in [1.82, 2.24) is 10.2 Å². The molecule has 1 aliphatic rings. The summed E-state index contributed by atoms with van der Waals surface area (Å²) in [6.07, 6.45) is 6.12. The second-order valence-corrected chi connectivity index (χ2v) is 6.23. The number of rotatable bonds is 7. The van der Waals surface area contributed by atoms with Crippen molar-refractivity contribution >= 4 is 23.7 Å². The SMILES string of the molecule is C=CC(=O)N1CC(N/C(=C\CC)C(C(=N)N=CC)=C(N)C(C)=O)CC1C. The lowest BCUT2D eigenvalue weighted by atomic mass is 10.0. The average Bonchev–Trinajstić information content (AvgIpc) is 2.95. The van der Waals surface area contributed by atoms with Crippen molar-refractivity contribution in [2.45, 2.75) is 52.6 Å². The summed E-state index contributed by atoms with van der Waals surface area (Å²) in [6.45, 7) is 11.1. The molecule has 4 N–H and O–H groups in total. The Morgan fingerprint density at radius 2 is 2.12 bits per heavy atom. The Morgan fingerprint density at radius 1 is 1.46 bits per heavy atom. The molecule has 1 amide bonds. The zero-order valence-electron chi connectivity index (χ0n) is 16.0. The van der Waals surface area contributed by atoms with E-state index >= 15 is 0 Å². The van der Waals surface area contributed by atoms with Crippen LogP contribution in [0.5, 0.6) is 0 Å². The first kappa shape index (κ1) is 21.3. The number of amides is 1. The second kappa shape index (κ2) is 9.70. The summed E-state index contributed by atoms with van der Waals surface area (Å²) in [7, 11) is 0. The molecule has 0 bridgehead atoms. The quantitative estimate of drug-likeness (QED) is 0.279. The van der Waals surface area contributed by atoms with Crippen LogP contribution >= 0.6 is 0 Å². The standard InChI is InChI=1S/C19H29N5O2/c1-6-9-15(17(18(20)13(5)25)19(21)22-8-3)23-14-10-12(4)24(11-14)16(26)7-2/h7-9,12,14,21,23H,2,6,10-11,20H2,1,3-5H3/b15-9-,18-17?,21-19?,22-8?. The predicted molar refractivity (Wildman–Crippen MR) is 105 cm³/mol. The summed E-state index contributed by atoms with van der Waals surface area (Å²) in [6, 6.07) is 0.0615. The molecule has 1 fully saturated rings. The van der Waals surface area contributed by atoms with E-state index in [0.29, 0.717) is 24.2 Å². The zero-order valence-corrected chi connectivity index (χ0v) is 16.0. The van der Waals surface area contributed by atoms with Crippen molar-refractivity contribution in [2.24, 2.45) is 10.7 Å². The number of likely N-dealkylation sites (tertiary alicyclic amines) is 1. The monoisotopic (exact) mass is 359 g/mol. The minimum atomic E-state index is -0.317. The van der Waals surface area contributed by atoms with Gasteiger partial charge in [0.15, 0.2) is 11.6 Å². The van der Waals surface area contributed by atoms with Crippen LogP contribution in [0.25, 0.3) is 0 Å². The maximum absolute atomic E-state index is 11.9. The highest BCUT2D eigenvalue weighted by atomic mass is 16.2. The number of nitrogens with two attached hydrogens (primary N) is 1. The van der Waals surface area contributed by atoms with Crippen LogP contribution in [0, 0.1) is 5.41 Å². The third-order valence-electron chi connectivity index (χ3n) is 4.21. The Kier molecular flexibility index (Phi) is 7.96. The van der Waals surface area contributed by atoms with E-state index in [-0.39, 0.29) is 35.3 Å². The zero-order chi connectivity index (χ0) is 19.9. The minimum absolute atomic E-state index is 0.00197. The molecule has 1 aliphatic heterocycles. The first-order valence-electron chi connectivity index (χ1n) is 8.75. The third-order valence-corrected chi connectivity index (χ3v) is 4.21. The number of nitrogens with one attached hydrogen (secondary N) is 2. The van der Waals surface area contributed by atoms with E-state index in [1.54, 1.807) is 11.8 Å². The summed E-state index contributed by atoms with van der Waals surface area (Å²) in [5.74, 6) is -0.495. The Morgan fingerprint density at radius 3 is 2.62 bits per heavy atom. The van der Waals surface area contributed by atoms with Gasteiger partial charge in [0, 0.05) is 37.5 Å². The molecule has 1 saturated heterocycles. The van der Waals surface area contributed by atoms with Crippen molar-refractivity contribution < 1.29 is 9.59 Å². The summed E-state index contributed by atoms with van der Waals surface area (Å²) < 4.78 is 0. The topological polar surface area (TPSA) is 112 Å². The Bertz CT molecular complexity index is 675. The summed E-state index contributed by atoms with van der Waals surface area (Å²) in [5, 5.41) is 11.5. The molecule has 2 unspecified atom stereocenters. The minimum Gasteiger partial charge on any atom is -0.395 e. The van der Waals surface area contributed by atoms with Crippen molar-refractivity contribution in [3.05, 3.63) is 35.7 Å². The highest BCUT2D eigenvalue weighted by molar-refractivity contribution is 6.10. The van der Waals surface area contributed by atoms with Crippen LogP contribution < -0.4 is 11.1 Å². The van der Waals surface area contributed by atoms with E-state index in [0.717, 1.165) is 6.42 Å². The highest BCUT2D eigenvalue weighted by Crippen LogP contribution is 2.22. The van der Waals surface area contributed by atoms with Crippen LogP contribution in [0.2, 0.25) is 0 Å². The van der Waals surface area contributed by atoms with Crippen LogP contribution in [0.1, 0.15) is 40.5 Å². The fourth-order valence-corrected chi connectivity index (χ4v) is 2.99. The number of ketones is 1. The molecule has 2 atom stereocenters. The molecule has 26 heavy (non-hydrogen) atoms. The number of Topliss-reactive ketones (excluding diaryl/α,β-unsaturated/α-hetero) is 1. The molecule has 142 valence electrons. The number of carbonyl (C=O) groups excluding carboxylic acids is 2. The number of aliphatic imine (C=N–C) groups is 1. The van der Waals surface area contributed by atoms with Crippen molar-refractivity contribution in [1.29, 1.82) is 5.41 Å². The molecule has 0 aromatic rings. The lowest BCUT2D eigenvalue weighted by molar-refractivity contribution is -0.126. The first-order valence-corrected chi connectivity index (χ1v) is 8.75.